The SMILES string of the molecule is CC(C)(C)OC(=O)NCCc1cncc(Br)c1. The molecular weight excluding hydrogens is 284 g/mol. The number of nitrogens with zero attached hydrogens (tertiary/aromatic N) is 1. The number of alkyl carbamates (subject to hydrolysis) is 1. The molecule has 1 heterocycles. The fourth-order valence-electron chi connectivity index (χ4n) is 1.22. The van der Waals surface area contributed by atoms with Crippen molar-refractivity contribution in [1.29, 1.82) is 0 Å². The standard InChI is InChI=1S/C12H17BrN2O2/c1-12(2,3)17-11(16)15-5-4-9-6-10(13)8-14-7-9/h6-8H,4-5H2,1-3H3,(H,15,16). The molecule has 0 bridgehead atoms. The summed E-state index contributed by atoms with van der Waals surface area (Å²) in [4.78, 5) is 15.4. The van der Waals surface area contributed by atoms with Crippen molar-refractivity contribution in [2.45, 2.75) is 32.8 Å². The average Bonchev–Trinajstić information content (AvgIpc) is 2.14. The van der Waals surface area contributed by atoms with Crippen molar-refractivity contribution in [1.82, 2.24) is 10.3 Å². The Labute approximate surface area is 110 Å². The Morgan fingerprint density at radius 2 is 2.18 bits per heavy atom. The molecule has 0 aliphatic heterocycles. The van der Waals surface area contributed by atoms with Crippen LogP contribution in [0.5, 0.6) is 0 Å². The zero-order valence-corrected chi connectivity index (χ0v) is 11.9. The van der Waals surface area contributed by atoms with Crippen LogP contribution in [0.1, 0.15) is 26.3 Å². The van der Waals surface area contributed by atoms with E-state index in [4.69, 9.17) is 4.74 Å². The third-order valence-corrected chi connectivity index (χ3v) is 2.28. The number of rotatable bonds is 3. The van der Waals surface area contributed by atoms with Crippen molar-refractivity contribution in [3.05, 3.63) is 28.5 Å². The van der Waals surface area contributed by atoms with E-state index in [9.17, 15) is 4.79 Å². The van der Waals surface area contributed by atoms with E-state index in [1.165, 1.54) is 0 Å². The van der Waals surface area contributed by atoms with Crippen molar-refractivity contribution in [3.8, 4) is 0 Å². The zero-order chi connectivity index (χ0) is 12.9. The first-order chi connectivity index (χ1) is 7.87. The van der Waals surface area contributed by atoms with Gasteiger partial charge >= 0.3 is 6.09 Å². The molecule has 0 saturated heterocycles. The molecule has 1 aromatic heterocycles. The van der Waals surface area contributed by atoms with Crippen LogP contribution in [0.3, 0.4) is 0 Å². The Balaban J connectivity index is 2.31. The maximum absolute atomic E-state index is 11.4. The summed E-state index contributed by atoms with van der Waals surface area (Å²) in [6.07, 6.45) is 3.85. The largest absolute Gasteiger partial charge is 0.444 e. The van der Waals surface area contributed by atoms with Gasteiger partial charge in [-0.15, -0.1) is 0 Å². The molecule has 0 fully saturated rings. The molecule has 1 N–H and O–H groups in total. The number of carbonyl (C=O) groups is 1. The summed E-state index contributed by atoms with van der Waals surface area (Å²) in [5.41, 5.74) is 0.608. The van der Waals surface area contributed by atoms with Gasteiger partial charge in [0.05, 0.1) is 0 Å². The van der Waals surface area contributed by atoms with Crippen molar-refractivity contribution in [2.24, 2.45) is 0 Å². The van der Waals surface area contributed by atoms with Crippen LogP contribution >= 0.6 is 15.9 Å². The quantitative estimate of drug-likeness (QED) is 0.934. The van der Waals surface area contributed by atoms with Gasteiger partial charge in [-0.3, -0.25) is 4.98 Å². The van der Waals surface area contributed by atoms with E-state index in [1.807, 2.05) is 26.8 Å². The first-order valence-corrected chi connectivity index (χ1v) is 6.22. The molecule has 0 atom stereocenters. The molecule has 0 spiro atoms. The second-order valence-corrected chi connectivity index (χ2v) is 5.61. The minimum atomic E-state index is -0.457. The molecule has 1 amide bonds. The van der Waals surface area contributed by atoms with E-state index in [1.54, 1.807) is 12.4 Å². The molecule has 0 aliphatic carbocycles. The topological polar surface area (TPSA) is 51.2 Å². The van der Waals surface area contributed by atoms with Gasteiger partial charge in [0.2, 0.25) is 0 Å². The van der Waals surface area contributed by atoms with Gasteiger partial charge in [-0.1, -0.05) is 0 Å². The molecule has 0 unspecified atom stereocenters. The Morgan fingerprint density at radius 3 is 2.76 bits per heavy atom. The normalized spacial score (nSPS) is 11.1. The predicted molar refractivity (Wildman–Crippen MR) is 69.9 cm³/mol. The monoisotopic (exact) mass is 300 g/mol. The maximum Gasteiger partial charge on any atom is 0.407 e. The molecule has 0 aromatic carbocycles. The van der Waals surface area contributed by atoms with Crippen LogP contribution in [0.15, 0.2) is 22.9 Å². The molecule has 94 valence electrons. The summed E-state index contributed by atoms with van der Waals surface area (Å²) < 4.78 is 6.06. The first-order valence-electron chi connectivity index (χ1n) is 5.43. The van der Waals surface area contributed by atoms with E-state index in [0.717, 1.165) is 16.5 Å². The molecule has 0 aliphatic rings. The van der Waals surface area contributed by atoms with Crippen LogP contribution in [0.25, 0.3) is 0 Å². The van der Waals surface area contributed by atoms with E-state index in [2.05, 4.69) is 26.2 Å². The third-order valence-electron chi connectivity index (χ3n) is 1.84. The molecule has 17 heavy (non-hydrogen) atoms. The molecule has 1 rings (SSSR count). The number of hydrogen-bond donors (Lipinski definition) is 1. The predicted octanol–water partition coefficient (Wildman–Crippen LogP) is 2.91. The molecule has 4 nitrogen and oxygen atoms in total. The molecule has 5 heteroatoms. The lowest BCUT2D eigenvalue weighted by molar-refractivity contribution is 0.0528. The number of nitrogens with one attached hydrogen (secondary N) is 1. The van der Waals surface area contributed by atoms with Crippen molar-refractivity contribution in [2.75, 3.05) is 6.54 Å². The molecular formula is C12H17BrN2O2. The Bertz CT molecular complexity index is 388. The highest BCUT2D eigenvalue weighted by Crippen LogP contribution is 2.10. The number of aromatic nitrogens is 1. The number of carbonyl (C=O) groups excluding carboxylic acids is 1. The van der Waals surface area contributed by atoms with Crippen LogP contribution in [0.2, 0.25) is 0 Å². The number of amides is 1. The Hall–Kier alpha value is -1.10. The minimum absolute atomic E-state index is 0.388. The van der Waals surface area contributed by atoms with Crippen LogP contribution in [0.4, 0.5) is 4.79 Å². The van der Waals surface area contributed by atoms with Crippen molar-refractivity contribution in [3.63, 3.8) is 0 Å². The van der Waals surface area contributed by atoms with Gasteiger partial charge in [-0.05, 0) is 54.8 Å². The highest BCUT2D eigenvalue weighted by atomic mass is 79.9. The fourth-order valence-corrected chi connectivity index (χ4v) is 1.63. The second-order valence-electron chi connectivity index (χ2n) is 4.69. The van der Waals surface area contributed by atoms with E-state index >= 15 is 0 Å². The van der Waals surface area contributed by atoms with Gasteiger partial charge in [0.25, 0.3) is 0 Å². The first kappa shape index (κ1) is 14.0. The molecule has 1 aromatic rings. The van der Waals surface area contributed by atoms with E-state index in [-0.39, 0.29) is 6.09 Å². The van der Waals surface area contributed by atoms with Gasteiger partial charge < -0.3 is 10.1 Å². The summed E-state index contributed by atoms with van der Waals surface area (Å²) in [6, 6.07) is 1.98. The lowest BCUT2D eigenvalue weighted by Gasteiger charge is -2.19. The fraction of sp³-hybridized carbons (Fsp3) is 0.500. The maximum atomic E-state index is 11.4. The summed E-state index contributed by atoms with van der Waals surface area (Å²) in [5.74, 6) is 0. The van der Waals surface area contributed by atoms with Crippen LogP contribution in [0, 0.1) is 0 Å². The van der Waals surface area contributed by atoms with Gasteiger partial charge in [-0.25, -0.2) is 4.79 Å². The zero-order valence-electron chi connectivity index (χ0n) is 10.3. The highest BCUT2D eigenvalue weighted by Gasteiger charge is 2.15. The van der Waals surface area contributed by atoms with Gasteiger partial charge in [-0.2, -0.15) is 0 Å². The number of halogens is 1. The van der Waals surface area contributed by atoms with Crippen LogP contribution in [-0.4, -0.2) is 23.2 Å². The van der Waals surface area contributed by atoms with Crippen LogP contribution < -0.4 is 5.32 Å². The van der Waals surface area contributed by atoms with E-state index in [0.29, 0.717) is 6.54 Å². The Morgan fingerprint density at radius 1 is 1.47 bits per heavy atom. The second kappa shape index (κ2) is 6.00. The van der Waals surface area contributed by atoms with Gasteiger partial charge in [0.15, 0.2) is 0 Å². The third kappa shape index (κ3) is 6.26. The van der Waals surface area contributed by atoms with Crippen molar-refractivity contribution >= 4 is 22.0 Å². The summed E-state index contributed by atoms with van der Waals surface area (Å²) in [7, 11) is 0. The van der Waals surface area contributed by atoms with Crippen molar-refractivity contribution < 1.29 is 9.53 Å². The lowest BCUT2D eigenvalue weighted by Crippen LogP contribution is -2.33. The summed E-state index contributed by atoms with van der Waals surface area (Å²) >= 11 is 3.35. The van der Waals surface area contributed by atoms with Gasteiger partial charge in [0, 0.05) is 23.4 Å². The molecule has 0 saturated carbocycles. The van der Waals surface area contributed by atoms with Crippen LogP contribution in [-0.2, 0) is 11.2 Å². The smallest absolute Gasteiger partial charge is 0.407 e. The average molecular weight is 301 g/mol. The van der Waals surface area contributed by atoms with E-state index < -0.39 is 5.60 Å². The Kier molecular flexibility index (Phi) is 4.93. The lowest BCUT2D eigenvalue weighted by atomic mass is 10.2. The minimum Gasteiger partial charge on any atom is -0.444 e. The molecule has 0 radical (unpaired) electrons. The number of hydrogen-bond acceptors (Lipinski definition) is 3. The summed E-state index contributed by atoms with van der Waals surface area (Å²) in [6.45, 7) is 6.05. The number of pyridine rings is 1. The highest BCUT2D eigenvalue weighted by molar-refractivity contribution is 9.10. The number of ether oxygens (including phenoxy) is 1. The van der Waals surface area contributed by atoms with Gasteiger partial charge in [0.1, 0.15) is 5.60 Å². The summed E-state index contributed by atoms with van der Waals surface area (Å²) in [5, 5.41) is 2.70.